The number of phenols is 1. The number of benzene rings is 2. The minimum atomic E-state index is -0.630. The van der Waals surface area contributed by atoms with E-state index in [2.05, 4.69) is 54.1 Å². The molecule has 2 fully saturated rings. The second-order valence-corrected chi connectivity index (χ2v) is 11.4. The Balaban J connectivity index is 0.00000210. The molecular weight excluding hydrogens is 460 g/mol. The number of hydrogen-bond donors (Lipinski definition) is 2. The van der Waals surface area contributed by atoms with E-state index in [1.807, 2.05) is 6.07 Å². The molecule has 6 heteroatoms. The maximum Gasteiger partial charge on any atom is 0.166 e. The molecule has 1 saturated carbocycles. The number of phenolic OH excluding ortho intramolecular Hbond substituents is 1. The topological polar surface area (TPSA) is 57.7 Å². The van der Waals surface area contributed by atoms with Gasteiger partial charge in [-0.15, -0.1) is 12.4 Å². The molecule has 0 radical (unpaired) electrons. The van der Waals surface area contributed by atoms with Crippen LogP contribution >= 0.6 is 12.4 Å². The highest BCUT2D eigenvalue weighted by atomic mass is 35.5. The van der Waals surface area contributed by atoms with Crippen molar-refractivity contribution in [3.05, 3.63) is 58.8 Å². The lowest BCUT2D eigenvalue weighted by Crippen LogP contribution is -2.79. The third-order valence-corrected chi connectivity index (χ3v) is 9.98. The van der Waals surface area contributed by atoms with E-state index in [9.17, 15) is 5.11 Å². The van der Waals surface area contributed by atoms with Crippen LogP contribution in [-0.2, 0) is 28.6 Å². The molecule has 5 nitrogen and oxygen atoms in total. The van der Waals surface area contributed by atoms with Gasteiger partial charge in [-0.05, 0) is 75.3 Å². The lowest BCUT2D eigenvalue weighted by molar-refractivity contribution is -0.224. The molecule has 0 amide bonds. The molecule has 3 aliphatic carbocycles. The Hall–Kier alpha value is -2.21. The van der Waals surface area contributed by atoms with Crippen LogP contribution < -0.4 is 4.74 Å². The van der Waals surface area contributed by atoms with E-state index < -0.39 is 11.2 Å². The van der Waals surface area contributed by atoms with E-state index in [1.54, 1.807) is 0 Å². The maximum atomic E-state index is 11.0. The van der Waals surface area contributed by atoms with Gasteiger partial charge in [0.1, 0.15) is 5.60 Å². The first-order valence-corrected chi connectivity index (χ1v) is 13.0. The number of rotatable bonds is 4. The quantitative estimate of drug-likeness (QED) is 0.524. The Morgan fingerprint density at radius 2 is 2.03 bits per heavy atom. The zero-order chi connectivity index (χ0) is 22.9. The third kappa shape index (κ3) is 2.38. The van der Waals surface area contributed by atoms with E-state index in [0.717, 1.165) is 37.2 Å². The van der Waals surface area contributed by atoms with Crippen LogP contribution in [0.2, 0.25) is 0 Å². The number of halogens is 1. The van der Waals surface area contributed by atoms with E-state index in [4.69, 9.17) is 9.47 Å². The standard InChI is InChI=1S/C29H32N2O3.ClH/c1-3-33-29-15-20-19-6-4-5-7-21(19)30-26(20)27(2)28(29)12-13-31(16-17-8-9-17)23(29)14-18-10-11-22(32)25(34-27)24(18)28;/h4-7,10-11,17,23,30,32H,3,8-9,12-16H2,1-2H3;1H/t23-,27+,28+,29-;/m1./s1. The molecule has 1 aromatic heterocycles. The Morgan fingerprint density at radius 1 is 1.20 bits per heavy atom. The lowest BCUT2D eigenvalue weighted by Gasteiger charge is -2.67. The van der Waals surface area contributed by atoms with Crippen LogP contribution in [0, 0.1) is 5.92 Å². The summed E-state index contributed by atoms with van der Waals surface area (Å²) in [6.45, 7) is 7.30. The van der Waals surface area contributed by atoms with Crippen molar-refractivity contribution in [2.75, 3.05) is 19.7 Å². The van der Waals surface area contributed by atoms with Crippen molar-refractivity contribution in [2.24, 2.45) is 5.92 Å². The van der Waals surface area contributed by atoms with E-state index >= 15 is 0 Å². The third-order valence-electron chi connectivity index (χ3n) is 9.98. The number of aromatic nitrogens is 1. The molecule has 1 saturated heterocycles. The van der Waals surface area contributed by atoms with Crippen LogP contribution in [0.25, 0.3) is 10.9 Å². The van der Waals surface area contributed by atoms with Crippen LogP contribution in [0.15, 0.2) is 36.4 Å². The van der Waals surface area contributed by atoms with Crippen LogP contribution in [0.3, 0.4) is 0 Å². The predicted octanol–water partition coefficient (Wildman–Crippen LogP) is 5.21. The van der Waals surface area contributed by atoms with Crippen molar-refractivity contribution < 1.29 is 14.6 Å². The molecule has 35 heavy (non-hydrogen) atoms. The highest BCUT2D eigenvalue weighted by Gasteiger charge is 2.78. The Morgan fingerprint density at radius 3 is 2.83 bits per heavy atom. The maximum absolute atomic E-state index is 11.0. The van der Waals surface area contributed by atoms with Gasteiger partial charge in [-0.1, -0.05) is 24.3 Å². The summed E-state index contributed by atoms with van der Waals surface area (Å²) in [4.78, 5) is 6.54. The van der Waals surface area contributed by atoms with Gasteiger partial charge in [0, 0.05) is 42.1 Å². The van der Waals surface area contributed by atoms with Gasteiger partial charge in [-0.2, -0.15) is 0 Å². The van der Waals surface area contributed by atoms with E-state index in [1.165, 1.54) is 47.2 Å². The van der Waals surface area contributed by atoms with Crippen molar-refractivity contribution in [2.45, 2.75) is 68.6 Å². The van der Waals surface area contributed by atoms with Crippen molar-refractivity contribution in [1.29, 1.82) is 0 Å². The molecule has 1 spiro atoms. The number of nitrogens with zero attached hydrogens (tertiary/aromatic N) is 1. The van der Waals surface area contributed by atoms with Gasteiger partial charge >= 0.3 is 0 Å². The van der Waals surface area contributed by atoms with Gasteiger partial charge in [0.15, 0.2) is 17.1 Å². The van der Waals surface area contributed by atoms with Gasteiger partial charge < -0.3 is 19.6 Å². The minimum Gasteiger partial charge on any atom is -0.504 e. The smallest absolute Gasteiger partial charge is 0.166 e. The first-order chi connectivity index (χ1) is 16.5. The molecule has 8 rings (SSSR count). The molecular formula is C29H33ClN2O3. The molecule has 3 heterocycles. The summed E-state index contributed by atoms with van der Waals surface area (Å²) in [5.74, 6) is 1.78. The van der Waals surface area contributed by atoms with Crippen molar-refractivity contribution >= 4 is 23.3 Å². The zero-order valence-corrected chi connectivity index (χ0v) is 21.2. The fraction of sp³-hybridized carbons (Fsp3) is 0.517. The molecule has 5 aliphatic rings. The van der Waals surface area contributed by atoms with Gasteiger partial charge in [0.25, 0.3) is 0 Å². The zero-order valence-electron chi connectivity index (χ0n) is 20.4. The van der Waals surface area contributed by atoms with Crippen molar-refractivity contribution in [3.8, 4) is 11.5 Å². The van der Waals surface area contributed by atoms with Crippen molar-refractivity contribution in [1.82, 2.24) is 9.88 Å². The molecule has 0 unspecified atom stereocenters. The summed E-state index contributed by atoms with van der Waals surface area (Å²) in [6, 6.07) is 12.9. The number of nitrogens with one attached hydrogen (secondary N) is 1. The number of para-hydroxylation sites is 1. The monoisotopic (exact) mass is 492 g/mol. The number of H-pyrrole nitrogens is 1. The fourth-order valence-corrected chi connectivity index (χ4v) is 8.59. The summed E-state index contributed by atoms with van der Waals surface area (Å²) >= 11 is 0. The van der Waals surface area contributed by atoms with E-state index in [-0.39, 0.29) is 23.6 Å². The summed E-state index contributed by atoms with van der Waals surface area (Å²) < 4.78 is 14.1. The molecule has 2 bridgehead atoms. The van der Waals surface area contributed by atoms with Gasteiger partial charge in [0.2, 0.25) is 0 Å². The summed E-state index contributed by atoms with van der Waals surface area (Å²) in [7, 11) is 0. The SMILES string of the molecule is CCO[C@@]12Cc3c([nH]c4ccccc34)[C@]3(C)Oc4c(O)ccc5c4[C@@]31CCN(CC1CC1)[C@@H]2C5.Cl. The normalized spacial score (nSPS) is 34.2. The van der Waals surface area contributed by atoms with Gasteiger partial charge in [-0.25, -0.2) is 0 Å². The molecule has 2 N–H and O–H groups in total. The molecule has 4 atom stereocenters. The van der Waals surface area contributed by atoms with E-state index in [0.29, 0.717) is 18.4 Å². The Bertz CT molecular complexity index is 1370. The molecule has 3 aromatic rings. The van der Waals surface area contributed by atoms with Crippen molar-refractivity contribution in [3.63, 3.8) is 0 Å². The predicted molar refractivity (Wildman–Crippen MR) is 138 cm³/mol. The fourth-order valence-electron chi connectivity index (χ4n) is 8.59. The summed E-state index contributed by atoms with van der Waals surface area (Å²) in [5.41, 5.74) is 4.84. The van der Waals surface area contributed by atoms with Gasteiger partial charge in [0.05, 0.1) is 11.1 Å². The molecule has 184 valence electrons. The molecule has 2 aliphatic heterocycles. The first-order valence-electron chi connectivity index (χ1n) is 13.0. The molecule has 2 aromatic carbocycles. The number of hydrogen-bond acceptors (Lipinski definition) is 4. The minimum absolute atomic E-state index is 0. The number of ether oxygens (including phenoxy) is 2. The average Bonchev–Trinajstić information content (AvgIpc) is 3.49. The number of likely N-dealkylation sites (tertiary alicyclic amines) is 1. The van der Waals surface area contributed by atoms with Crippen LogP contribution in [0.5, 0.6) is 11.5 Å². The summed E-state index contributed by atoms with van der Waals surface area (Å²) in [6.07, 6.45) is 5.52. The number of piperidine rings is 1. The second kappa shape index (κ2) is 6.96. The number of fused-ring (bicyclic) bond motifs is 4. The summed E-state index contributed by atoms with van der Waals surface area (Å²) in [5, 5.41) is 12.3. The number of aromatic amines is 1. The largest absolute Gasteiger partial charge is 0.504 e. The second-order valence-electron chi connectivity index (χ2n) is 11.4. The average molecular weight is 493 g/mol. The van der Waals surface area contributed by atoms with Crippen LogP contribution in [-0.4, -0.2) is 46.3 Å². The van der Waals surface area contributed by atoms with Crippen LogP contribution in [0.4, 0.5) is 0 Å². The highest BCUT2D eigenvalue weighted by molar-refractivity contribution is 5.87. The lowest BCUT2D eigenvalue weighted by atomic mass is 9.45. The Labute approximate surface area is 212 Å². The number of aromatic hydroxyl groups is 1. The van der Waals surface area contributed by atoms with Gasteiger partial charge in [-0.3, -0.25) is 4.90 Å². The van der Waals surface area contributed by atoms with Crippen LogP contribution in [0.1, 0.15) is 55.5 Å². The highest BCUT2D eigenvalue weighted by Crippen LogP contribution is 2.72. The first kappa shape index (κ1) is 22.0. The Kier molecular flexibility index (Phi) is 4.38.